The monoisotopic (exact) mass is 233 g/mol. The van der Waals surface area contributed by atoms with Gasteiger partial charge in [0.2, 0.25) is 0 Å². The van der Waals surface area contributed by atoms with E-state index in [0.717, 1.165) is 24.3 Å². The highest BCUT2D eigenvalue weighted by atomic mass is 15.1. The first-order chi connectivity index (χ1) is 7.95. The molecule has 0 heterocycles. The maximum Gasteiger partial charge on any atom is 0.124 e. The van der Waals surface area contributed by atoms with Gasteiger partial charge in [0.15, 0.2) is 0 Å². The van der Waals surface area contributed by atoms with Crippen LogP contribution in [0.2, 0.25) is 0 Å². The average molecular weight is 233 g/mol. The van der Waals surface area contributed by atoms with Crippen molar-refractivity contribution in [3.63, 3.8) is 0 Å². The quantitative estimate of drug-likeness (QED) is 0.607. The molecule has 3 nitrogen and oxygen atoms in total. The van der Waals surface area contributed by atoms with Crippen LogP contribution in [-0.2, 0) is 0 Å². The predicted octanol–water partition coefficient (Wildman–Crippen LogP) is 2.76. The number of benzene rings is 1. The molecule has 0 saturated carbocycles. The van der Waals surface area contributed by atoms with Crippen LogP contribution in [-0.4, -0.2) is 18.9 Å². The van der Waals surface area contributed by atoms with E-state index < -0.39 is 0 Å². The molecular formula is C14H23N3. The summed E-state index contributed by atoms with van der Waals surface area (Å²) in [4.78, 5) is 2.29. The summed E-state index contributed by atoms with van der Waals surface area (Å²) in [6.45, 7) is 10.5. The van der Waals surface area contributed by atoms with Gasteiger partial charge in [-0.2, -0.15) is 0 Å². The first-order valence-corrected chi connectivity index (χ1v) is 6.15. The number of rotatable bonds is 5. The van der Waals surface area contributed by atoms with Crippen molar-refractivity contribution in [1.29, 1.82) is 5.41 Å². The first kappa shape index (κ1) is 13.6. The summed E-state index contributed by atoms with van der Waals surface area (Å²) in [5.41, 5.74) is 8.75. The zero-order chi connectivity index (χ0) is 13.0. The van der Waals surface area contributed by atoms with Gasteiger partial charge in [-0.05, 0) is 37.5 Å². The molecule has 0 bridgehead atoms. The molecule has 17 heavy (non-hydrogen) atoms. The van der Waals surface area contributed by atoms with Crippen LogP contribution >= 0.6 is 0 Å². The molecule has 0 aliphatic carbocycles. The molecule has 3 heteroatoms. The van der Waals surface area contributed by atoms with Gasteiger partial charge in [-0.3, -0.25) is 5.41 Å². The number of nitrogens with one attached hydrogen (secondary N) is 1. The Hall–Kier alpha value is -1.51. The topological polar surface area (TPSA) is 53.1 Å². The van der Waals surface area contributed by atoms with Crippen LogP contribution < -0.4 is 10.6 Å². The Morgan fingerprint density at radius 2 is 2.06 bits per heavy atom. The second-order valence-electron chi connectivity index (χ2n) is 4.87. The van der Waals surface area contributed by atoms with Gasteiger partial charge in [-0.15, -0.1) is 0 Å². The van der Waals surface area contributed by atoms with Gasteiger partial charge in [-0.25, -0.2) is 0 Å². The Morgan fingerprint density at radius 3 is 2.53 bits per heavy atom. The zero-order valence-corrected chi connectivity index (χ0v) is 11.2. The molecule has 0 radical (unpaired) electrons. The SMILES string of the molecule is CCN(CC(C)C)c1cc(C)ccc1C(=N)N. The largest absolute Gasteiger partial charge is 0.384 e. The molecule has 0 unspecified atom stereocenters. The molecule has 0 atom stereocenters. The standard InChI is InChI=1S/C14H23N3/c1-5-17(9-10(2)3)13-8-11(4)6-7-12(13)14(15)16/h6-8,10H,5,9H2,1-4H3,(H3,15,16). The Balaban J connectivity index is 3.15. The van der Waals surface area contributed by atoms with Crippen molar-refractivity contribution in [3.05, 3.63) is 29.3 Å². The molecule has 0 aliphatic heterocycles. The van der Waals surface area contributed by atoms with Crippen LogP contribution in [0.15, 0.2) is 18.2 Å². The minimum Gasteiger partial charge on any atom is -0.384 e. The number of nitrogens with zero attached hydrogens (tertiary/aromatic N) is 1. The maximum absolute atomic E-state index is 7.65. The summed E-state index contributed by atoms with van der Waals surface area (Å²) < 4.78 is 0. The summed E-state index contributed by atoms with van der Waals surface area (Å²) in [7, 11) is 0. The van der Waals surface area contributed by atoms with Crippen molar-refractivity contribution in [2.75, 3.05) is 18.0 Å². The van der Waals surface area contributed by atoms with Crippen molar-refractivity contribution >= 4 is 11.5 Å². The number of hydrogen-bond donors (Lipinski definition) is 2. The smallest absolute Gasteiger partial charge is 0.124 e. The van der Waals surface area contributed by atoms with E-state index in [1.54, 1.807) is 0 Å². The second kappa shape index (κ2) is 5.71. The maximum atomic E-state index is 7.65. The Morgan fingerprint density at radius 1 is 1.41 bits per heavy atom. The zero-order valence-electron chi connectivity index (χ0n) is 11.2. The average Bonchev–Trinajstić information content (AvgIpc) is 2.25. The summed E-state index contributed by atoms with van der Waals surface area (Å²) in [6, 6.07) is 6.06. The predicted molar refractivity (Wildman–Crippen MR) is 74.9 cm³/mol. The van der Waals surface area contributed by atoms with E-state index in [1.165, 1.54) is 5.56 Å². The van der Waals surface area contributed by atoms with Crippen LogP contribution in [0, 0.1) is 18.3 Å². The van der Waals surface area contributed by atoms with Gasteiger partial charge in [0.05, 0.1) is 0 Å². The number of nitrogens with two attached hydrogens (primary N) is 1. The van der Waals surface area contributed by atoms with Gasteiger partial charge in [-0.1, -0.05) is 19.9 Å². The Labute approximate surface area is 104 Å². The molecule has 3 N–H and O–H groups in total. The lowest BCUT2D eigenvalue weighted by molar-refractivity contribution is 0.618. The van der Waals surface area contributed by atoms with E-state index in [0.29, 0.717) is 5.92 Å². The van der Waals surface area contributed by atoms with Gasteiger partial charge >= 0.3 is 0 Å². The van der Waals surface area contributed by atoms with Crippen LogP contribution in [0.4, 0.5) is 5.69 Å². The van der Waals surface area contributed by atoms with E-state index in [2.05, 4.69) is 38.7 Å². The number of nitrogen functional groups attached to an aromatic ring is 1. The van der Waals surface area contributed by atoms with Crippen molar-refractivity contribution in [2.45, 2.75) is 27.7 Å². The third-order valence-electron chi connectivity index (χ3n) is 2.75. The van der Waals surface area contributed by atoms with E-state index in [4.69, 9.17) is 11.1 Å². The normalized spacial score (nSPS) is 10.6. The lowest BCUT2D eigenvalue weighted by Gasteiger charge is -2.27. The molecule has 0 aliphatic rings. The molecular weight excluding hydrogens is 210 g/mol. The second-order valence-corrected chi connectivity index (χ2v) is 4.87. The van der Waals surface area contributed by atoms with Crippen molar-refractivity contribution in [2.24, 2.45) is 11.7 Å². The highest BCUT2D eigenvalue weighted by molar-refractivity contribution is 6.00. The molecule has 0 fully saturated rings. The first-order valence-electron chi connectivity index (χ1n) is 6.15. The number of amidine groups is 1. The molecule has 0 spiro atoms. The molecule has 1 aromatic carbocycles. The summed E-state index contributed by atoms with van der Waals surface area (Å²) in [5.74, 6) is 0.734. The van der Waals surface area contributed by atoms with Gasteiger partial charge < -0.3 is 10.6 Å². The van der Waals surface area contributed by atoms with E-state index >= 15 is 0 Å². The molecule has 0 saturated heterocycles. The van der Waals surface area contributed by atoms with Crippen LogP contribution in [0.5, 0.6) is 0 Å². The fourth-order valence-corrected chi connectivity index (χ4v) is 1.97. The fraction of sp³-hybridized carbons (Fsp3) is 0.500. The molecule has 94 valence electrons. The summed E-state index contributed by atoms with van der Waals surface area (Å²) in [5, 5.41) is 7.65. The number of aryl methyl sites for hydroxylation is 1. The van der Waals surface area contributed by atoms with Crippen LogP contribution in [0.1, 0.15) is 31.9 Å². The van der Waals surface area contributed by atoms with Crippen LogP contribution in [0.25, 0.3) is 0 Å². The molecule has 0 aromatic heterocycles. The minimum absolute atomic E-state index is 0.141. The number of hydrogen-bond acceptors (Lipinski definition) is 2. The van der Waals surface area contributed by atoms with Crippen molar-refractivity contribution in [3.8, 4) is 0 Å². The van der Waals surface area contributed by atoms with Crippen molar-refractivity contribution in [1.82, 2.24) is 0 Å². The van der Waals surface area contributed by atoms with Gasteiger partial charge in [0, 0.05) is 24.3 Å². The lowest BCUT2D eigenvalue weighted by atomic mass is 10.1. The third-order valence-corrected chi connectivity index (χ3v) is 2.75. The molecule has 0 amide bonds. The molecule has 1 rings (SSSR count). The van der Waals surface area contributed by atoms with E-state index in [1.807, 2.05) is 12.1 Å². The fourth-order valence-electron chi connectivity index (χ4n) is 1.97. The Bertz CT molecular complexity index is 396. The minimum atomic E-state index is 0.141. The van der Waals surface area contributed by atoms with Gasteiger partial charge in [0.25, 0.3) is 0 Å². The molecule has 1 aromatic rings. The lowest BCUT2D eigenvalue weighted by Crippen LogP contribution is -2.29. The summed E-state index contributed by atoms with van der Waals surface area (Å²) in [6.07, 6.45) is 0. The van der Waals surface area contributed by atoms with E-state index in [-0.39, 0.29) is 5.84 Å². The third kappa shape index (κ3) is 3.48. The highest BCUT2D eigenvalue weighted by Crippen LogP contribution is 2.22. The summed E-state index contributed by atoms with van der Waals surface area (Å²) >= 11 is 0. The van der Waals surface area contributed by atoms with E-state index in [9.17, 15) is 0 Å². The van der Waals surface area contributed by atoms with Gasteiger partial charge in [0.1, 0.15) is 5.84 Å². The van der Waals surface area contributed by atoms with Crippen molar-refractivity contribution < 1.29 is 0 Å². The number of anilines is 1. The highest BCUT2D eigenvalue weighted by Gasteiger charge is 2.13. The Kier molecular flexibility index (Phi) is 4.55. The van der Waals surface area contributed by atoms with Crippen LogP contribution in [0.3, 0.4) is 0 Å².